The normalized spacial score (nSPS) is 12.2. The van der Waals surface area contributed by atoms with Gasteiger partial charge in [0.05, 0.1) is 6.20 Å². The molecule has 0 radical (unpaired) electrons. The van der Waals surface area contributed by atoms with Gasteiger partial charge < -0.3 is 10.4 Å². The molecule has 0 aliphatic carbocycles. The summed E-state index contributed by atoms with van der Waals surface area (Å²) >= 11 is 0. The molecule has 6 heteroatoms. The number of carbonyl (C=O) groups excluding carboxylic acids is 1. The summed E-state index contributed by atoms with van der Waals surface area (Å²) in [6.07, 6.45) is 1.52. The lowest BCUT2D eigenvalue weighted by Gasteiger charge is -2.17. The maximum absolute atomic E-state index is 11.7. The Kier molecular flexibility index (Phi) is 4.14. The van der Waals surface area contributed by atoms with Gasteiger partial charge in [0, 0.05) is 0 Å². The monoisotopic (exact) mass is 237 g/mol. The summed E-state index contributed by atoms with van der Waals surface area (Å²) in [5, 5.41) is 18.7. The number of aromatic nitrogens is 2. The molecule has 6 nitrogen and oxygen atoms in total. The van der Waals surface area contributed by atoms with Gasteiger partial charge in [-0.1, -0.05) is 13.8 Å². The van der Waals surface area contributed by atoms with E-state index < -0.39 is 17.9 Å². The highest BCUT2D eigenvalue weighted by molar-refractivity contribution is 5.94. The van der Waals surface area contributed by atoms with E-state index >= 15 is 0 Å². The van der Waals surface area contributed by atoms with E-state index in [0.717, 1.165) is 5.56 Å². The van der Waals surface area contributed by atoms with E-state index in [1.807, 2.05) is 0 Å². The van der Waals surface area contributed by atoms with Gasteiger partial charge in [0.2, 0.25) is 0 Å². The van der Waals surface area contributed by atoms with Gasteiger partial charge in [-0.05, 0) is 24.5 Å². The highest BCUT2D eigenvalue weighted by atomic mass is 16.4. The van der Waals surface area contributed by atoms with Gasteiger partial charge in [-0.3, -0.25) is 4.79 Å². The molecule has 1 atom stereocenters. The second kappa shape index (κ2) is 5.38. The first-order chi connectivity index (χ1) is 7.91. The number of hydrogen-bond acceptors (Lipinski definition) is 4. The SMILES string of the molecule is Cc1cnnc(C(=O)N[C@H](C(=O)O)C(C)C)c1. The second-order valence-electron chi connectivity index (χ2n) is 4.15. The van der Waals surface area contributed by atoms with Crippen molar-refractivity contribution in [1.29, 1.82) is 0 Å². The minimum atomic E-state index is -1.06. The average molecular weight is 237 g/mol. The summed E-state index contributed by atoms with van der Waals surface area (Å²) in [5.41, 5.74) is 0.915. The first-order valence-corrected chi connectivity index (χ1v) is 5.25. The van der Waals surface area contributed by atoms with Crippen LogP contribution in [0.3, 0.4) is 0 Å². The molecule has 2 N–H and O–H groups in total. The number of nitrogens with zero attached hydrogens (tertiary/aromatic N) is 2. The number of hydrogen-bond donors (Lipinski definition) is 2. The van der Waals surface area contributed by atoms with Crippen LogP contribution in [-0.4, -0.2) is 33.2 Å². The summed E-state index contributed by atoms with van der Waals surface area (Å²) in [6.45, 7) is 5.23. The molecule has 0 aromatic carbocycles. The van der Waals surface area contributed by atoms with Crippen LogP contribution in [0.5, 0.6) is 0 Å². The fraction of sp³-hybridized carbons (Fsp3) is 0.455. The molecule has 1 aromatic rings. The molecular weight excluding hydrogens is 222 g/mol. The quantitative estimate of drug-likeness (QED) is 0.801. The summed E-state index contributed by atoms with van der Waals surface area (Å²) < 4.78 is 0. The van der Waals surface area contributed by atoms with Crippen LogP contribution in [-0.2, 0) is 4.79 Å². The van der Waals surface area contributed by atoms with Gasteiger partial charge >= 0.3 is 5.97 Å². The molecule has 0 spiro atoms. The topological polar surface area (TPSA) is 92.2 Å². The van der Waals surface area contributed by atoms with Gasteiger partial charge in [-0.15, -0.1) is 5.10 Å². The molecule has 1 amide bonds. The van der Waals surface area contributed by atoms with E-state index in [1.165, 1.54) is 6.20 Å². The number of nitrogens with one attached hydrogen (secondary N) is 1. The van der Waals surface area contributed by atoms with Gasteiger partial charge in [-0.2, -0.15) is 5.10 Å². The van der Waals surface area contributed by atoms with Crippen LogP contribution in [0.25, 0.3) is 0 Å². The van der Waals surface area contributed by atoms with Crippen molar-refractivity contribution >= 4 is 11.9 Å². The van der Waals surface area contributed by atoms with Crippen LogP contribution >= 0.6 is 0 Å². The van der Waals surface area contributed by atoms with E-state index in [1.54, 1.807) is 26.8 Å². The molecule has 92 valence electrons. The summed E-state index contributed by atoms with van der Waals surface area (Å²) in [7, 11) is 0. The average Bonchev–Trinajstić information content (AvgIpc) is 2.24. The molecular formula is C11H15N3O3. The smallest absolute Gasteiger partial charge is 0.326 e. The maximum atomic E-state index is 11.7. The third-order valence-electron chi connectivity index (χ3n) is 2.24. The number of rotatable bonds is 4. The second-order valence-corrected chi connectivity index (χ2v) is 4.15. The molecule has 0 bridgehead atoms. The number of carboxylic acids is 1. The standard InChI is InChI=1S/C11H15N3O3/c1-6(2)9(11(16)17)13-10(15)8-4-7(3)5-12-14-8/h4-6,9H,1-3H3,(H,13,15)(H,16,17)/t9-/m0/s1. The van der Waals surface area contributed by atoms with Crippen LogP contribution in [0, 0.1) is 12.8 Å². The zero-order valence-corrected chi connectivity index (χ0v) is 9.97. The Morgan fingerprint density at radius 2 is 2.06 bits per heavy atom. The lowest BCUT2D eigenvalue weighted by atomic mass is 10.0. The largest absolute Gasteiger partial charge is 0.480 e. The summed E-state index contributed by atoms with van der Waals surface area (Å²) in [5.74, 6) is -1.79. The van der Waals surface area contributed by atoms with E-state index in [9.17, 15) is 9.59 Å². The van der Waals surface area contributed by atoms with Crippen molar-refractivity contribution in [2.45, 2.75) is 26.8 Å². The van der Waals surface area contributed by atoms with E-state index in [4.69, 9.17) is 5.11 Å². The molecule has 0 saturated heterocycles. The molecule has 0 aliphatic rings. The zero-order valence-electron chi connectivity index (χ0n) is 9.97. The van der Waals surface area contributed by atoms with Gasteiger partial charge in [0.15, 0.2) is 5.69 Å². The molecule has 0 saturated carbocycles. The minimum absolute atomic E-state index is 0.122. The van der Waals surface area contributed by atoms with Crippen molar-refractivity contribution in [3.63, 3.8) is 0 Å². The Morgan fingerprint density at radius 1 is 1.41 bits per heavy atom. The van der Waals surface area contributed by atoms with Crippen molar-refractivity contribution in [3.05, 3.63) is 23.5 Å². The third-order valence-corrected chi connectivity index (χ3v) is 2.24. The maximum Gasteiger partial charge on any atom is 0.326 e. The van der Waals surface area contributed by atoms with E-state index in [2.05, 4.69) is 15.5 Å². The highest BCUT2D eigenvalue weighted by Crippen LogP contribution is 2.04. The number of carboxylic acid groups (broad SMARTS) is 1. The van der Waals surface area contributed by atoms with Crippen LogP contribution in [0.2, 0.25) is 0 Å². The molecule has 0 unspecified atom stereocenters. The van der Waals surface area contributed by atoms with Crippen LogP contribution in [0.4, 0.5) is 0 Å². The van der Waals surface area contributed by atoms with Crippen molar-refractivity contribution in [2.75, 3.05) is 0 Å². The Balaban J connectivity index is 2.81. The van der Waals surface area contributed by atoms with Crippen LogP contribution in [0.1, 0.15) is 29.9 Å². The fourth-order valence-corrected chi connectivity index (χ4v) is 1.30. The molecule has 17 heavy (non-hydrogen) atoms. The lowest BCUT2D eigenvalue weighted by molar-refractivity contribution is -0.140. The highest BCUT2D eigenvalue weighted by Gasteiger charge is 2.24. The first kappa shape index (κ1) is 13.1. The predicted molar refractivity (Wildman–Crippen MR) is 60.5 cm³/mol. The number of aryl methyl sites for hydroxylation is 1. The third kappa shape index (κ3) is 3.51. The Hall–Kier alpha value is -1.98. The van der Waals surface area contributed by atoms with Crippen molar-refractivity contribution in [3.8, 4) is 0 Å². The van der Waals surface area contributed by atoms with Gasteiger partial charge in [-0.25, -0.2) is 4.79 Å². The zero-order chi connectivity index (χ0) is 13.0. The lowest BCUT2D eigenvalue weighted by Crippen LogP contribution is -2.44. The van der Waals surface area contributed by atoms with Crippen molar-refractivity contribution in [1.82, 2.24) is 15.5 Å². The van der Waals surface area contributed by atoms with Crippen LogP contribution in [0.15, 0.2) is 12.3 Å². The Labute approximate surface area is 99.1 Å². The van der Waals surface area contributed by atoms with E-state index in [0.29, 0.717) is 0 Å². The number of carbonyl (C=O) groups is 2. The molecule has 1 rings (SSSR count). The molecule has 0 fully saturated rings. The van der Waals surface area contributed by atoms with Crippen LogP contribution < -0.4 is 5.32 Å². The summed E-state index contributed by atoms with van der Waals surface area (Å²) in [4.78, 5) is 22.7. The number of amides is 1. The number of aliphatic carboxylic acids is 1. The van der Waals surface area contributed by atoms with Crippen molar-refractivity contribution in [2.24, 2.45) is 5.92 Å². The molecule has 0 aliphatic heterocycles. The van der Waals surface area contributed by atoms with Gasteiger partial charge in [0.25, 0.3) is 5.91 Å². The minimum Gasteiger partial charge on any atom is -0.480 e. The Bertz CT molecular complexity index is 432. The van der Waals surface area contributed by atoms with Gasteiger partial charge in [0.1, 0.15) is 6.04 Å². The molecule has 1 heterocycles. The summed E-state index contributed by atoms with van der Waals surface area (Å²) in [6, 6.07) is 0.631. The predicted octanol–water partition coefficient (Wildman–Crippen LogP) is 0.624. The van der Waals surface area contributed by atoms with Crippen molar-refractivity contribution < 1.29 is 14.7 Å². The molecule has 1 aromatic heterocycles. The Morgan fingerprint density at radius 3 is 2.53 bits per heavy atom. The first-order valence-electron chi connectivity index (χ1n) is 5.25. The van der Waals surface area contributed by atoms with E-state index in [-0.39, 0.29) is 11.6 Å². The fourth-order valence-electron chi connectivity index (χ4n) is 1.30.